The summed E-state index contributed by atoms with van der Waals surface area (Å²) in [5.74, 6) is -1.86. The van der Waals surface area contributed by atoms with Crippen molar-refractivity contribution in [2.24, 2.45) is 22.2 Å². The Balaban J connectivity index is 1.69. The first-order valence-electron chi connectivity index (χ1n) is 9.67. The summed E-state index contributed by atoms with van der Waals surface area (Å²) in [4.78, 5) is 37.0. The van der Waals surface area contributed by atoms with Crippen LogP contribution in [-0.2, 0) is 33.3 Å². The highest BCUT2D eigenvalue weighted by Gasteiger charge is 2.88. The van der Waals surface area contributed by atoms with Crippen molar-refractivity contribution in [3.05, 3.63) is 11.6 Å². The predicted octanol–water partition coefficient (Wildman–Crippen LogP) is 0.855. The van der Waals surface area contributed by atoms with Gasteiger partial charge in [0.15, 0.2) is 12.2 Å². The molecule has 1 saturated carbocycles. The lowest BCUT2D eigenvalue weighted by atomic mass is 9.53. The van der Waals surface area contributed by atoms with E-state index in [0.717, 1.165) is 0 Å². The Hall–Kier alpha value is -1.93. The molecule has 8 heteroatoms. The maximum atomic E-state index is 12.6. The number of esters is 3. The van der Waals surface area contributed by atoms with Crippen molar-refractivity contribution in [2.45, 2.75) is 71.2 Å². The van der Waals surface area contributed by atoms with Crippen molar-refractivity contribution in [3.63, 3.8) is 0 Å². The Bertz CT molecular complexity index is 825. The van der Waals surface area contributed by atoms with Crippen LogP contribution in [0.15, 0.2) is 11.6 Å². The molecule has 1 N–H and O–H groups in total. The molecule has 0 bridgehead atoms. The Morgan fingerprint density at radius 1 is 1.14 bits per heavy atom. The highest BCUT2D eigenvalue weighted by molar-refractivity contribution is 5.90. The van der Waals surface area contributed by atoms with E-state index in [1.54, 1.807) is 13.0 Å². The summed E-state index contributed by atoms with van der Waals surface area (Å²) in [7, 11) is 0. The van der Waals surface area contributed by atoms with E-state index in [0.29, 0.717) is 12.0 Å². The lowest BCUT2D eigenvalue weighted by Crippen LogP contribution is -2.57. The summed E-state index contributed by atoms with van der Waals surface area (Å²) in [6.07, 6.45) is -2.11. The number of carbonyl (C=O) groups excluding carboxylic acids is 3. The molecule has 0 aromatic carbocycles. The fraction of sp³-hybridized carbons (Fsp3) is 0.750. The van der Waals surface area contributed by atoms with Gasteiger partial charge in [-0.05, 0) is 30.8 Å². The van der Waals surface area contributed by atoms with E-state index in [9.17, 15) is 19.5 Å². The van der Waals surface area contributed by atoms with Crippen LogP contribution >= 0.6 is 0 Å². The van der Waals surface area contributed by atoms with Gasteiger partial charge in [0.2, 0.25) is 6.29 Å². The zero-order valence-corrected chi connectivity index (χ0v) is 16.3. The van der Waals surface area contributed by atoms with Crippen LogP contribution in [0.2, 0.25) is 0 Å². The SMILES string of the molecule is CC1=CC(CC23C4C[C@@H](C(C)(C)C)C25C(OC(=O)[C@@H]5O)OC3C(=O)O4)OC1=O. The van der Waals surface area contributed by atoms with E-state index >= 15 is 0 Å². The molecule has 3 saturated heterocycles. The Morgan fingerprint density at radius 2 is 1.86 bits per heavy atom. The standard InChI is InChI=1S/C20H24O8/c1-8-5-9(25-14(8)22)7-19-11-6-10(18(2,3)4)20(19)12(21)15(23)28-17(20)27-13(19)16(24)26-11/h5,9-13,17,21H,6-7H2,1-4H3/t9?,10-,11?,12-,13?,17?,19?,20?/m0/s1. The number of cyclic esters (lactones) is 1. The lowest BCUT2D eigenvalue weighted by molar-refractivity contribution is -0.180. The topological polar surface area (TPSA) is 108 Å². The number of hydrogen-bond acceptors (Lipinski definition) is 8. The second-order valence-electron chi connectivity index (χ2n) is 9.74. The summed E-state index contributed by atoms with van der Waals surface area (Å²) in [6, 6.07) is 0. The van der Waals surface area contributed by atoms with E-state index < -0.39 is 59.4 Å². The second-order valence-corrected chi connectivity index (χ2v) is 9.74. The summed E-state index contributed by atoms with van der Waals surface area (Å²) in [5, 5.41) is 11.1. The first-order valence-corrected chi connectivity index (χ1v) is 9.67. The van der Waals surface area contributed by atoms with Crippen LogP contribution in [0.4, 0.5) is 0 Å². The molecular formula is C20H24O8. The van der Waals surface area contributed by atoms with Crippen LogP contribution in [0.25, 0.3) is 0 Å². The molecule has 4 fully saturated rings. The predicted molar refractivity (Wildman–Crippen MR) is 91.3 cm³/mol. The van der Waals surface area contributed by atoms with E-state index in [2.05, 4.69) is 0 Å². The van der Waals surface area contributed by atoms with E-state index in [1.807, 2.05) is 20.8 Å². The van der Waals surface area contributed by atoms with Crippen LogP contribution in [-0.4, -0.2) is 53.7 Å². The highest BCUT2D eigenvalue weighted by Crippen LogP contribution is 2.76. The van der Waals surface area contributed by atoms with E-state index in [1.165, 1.54) is 0 Å². The van der Waals surface area contributed by atoms with Crippen LogP contribution in [0.5, 0.6) is 0 Å². The van der Waals surface area contributed by atoms with Gasteiger partial charge in [-0.3, -0.25) is 0 Å². The molecule has 0 aromatic rings. The number of aliphatic hydroxyl groups is 1. The molecule has 0 radical (unpaired) electrons. The van der Waals surface area contributed by atoms with Gasteiger partial charge in [-0.25, -0.2) is 14.4 Å². The van der Waals surface area contributed by atoms with Crippen molar-refractivity contribution in [2.75, 3.05) is 0 Å². The molecule has 1 aliphatic carbocycles. The van der Waals surface area contributed by atoms with Crippen LogP contribution in [0.3, 0.4) is 0 Å². The van der Waals surface area contributed by atoms with Gasteiger partial charge in [0, 0.05) is 12.0 Å². The van der Waals surface area contributed by atoms with Gasteiger partial charge < -0.3 is 24.1 Å². The van der Waals surface area contributed by atoms with Crippen LogP contribution in [0, 0.1) is 22.2 Å². The van der Waals surface area contributed by atoms with Gasteiger partial charge in [0.05, 0.1) is 10.8 Å². The van der Waals surface area contributed by atoms with Crippen molar-refractivity contribution in [1.82, 2.24) is 0 Å². The minimum absolute atomic E-state index is 0.197. The number of carbonyl (C=O) groups is 3. The fourth-order valence-corrected chi connectivity index (χ4v) is 6.58. The zero-order chi connectivity index (χ0) is 20.2. The molecule has 6 unspecified atom stereocenters. The number of aliphatic hydroxyl groups excluding tert-OH is 1. The molecule has 4 heterocycles. The molecule has 28 heavy (non-hydrogen) atoms. The molecule has 5 aliphatic rings. The van der Waals surface area contributed by atoms with Gasteiger partial charge in [-0.2, -0.15) is 0 Å². The van der Waals surface area contributed by atoms with Gasteiger partial charge in [-0.15, -0.1) is 0 Å². The monoisotopic (exact) mass is 392 g/mol. The lowest BCUT2D eigenvalue weighted by Gasteiger charge is -2.46. The zero-order valence-electron chi connectivity index (χ0n) is 16.3. The van der Waals surface area contributed by atoms with E-state index in [4.69, 9.17) is 18.9 Å². The van der Waals surface area contributed by atoms with Crippen molar-refractivity contribution in [3.8, 4) is 0 Å². The molecular weight excluding hydrogens is 368 g/mol. The average molecular weight is 392 g/mol. The summed E-state index contributed by atoms with van der Waals surface area (Å²) in [5.41, 5.74) is -1.96. The van der Waals surface area contributed by atoms with Gasteiger partial charge in [-0.1, -0.05) is 20.8 Å². The van der Waals surface area contributed by atoms with Gasteiger partial charge >= 0.3 is 17.9 Å². The molecule has 8 atom stereocenters. The largest absolute Gasteiger partial charge is 0.460 e. The van der Waals surface area contributed by atoms with Crippen molar-refractivity contribution >= 4 is 17.9 Å². The number of ether oxygens (including phenoxy) is 4. The summed E-state index contributed by atoms with van der Waals surface area (Å²) < 4.78 is 22.5. The maximum absolute atomic E-state index is 12.6. The van der Waals surface area contributed by atoms with Crippen LogP contribution < -0.4 is 0 Å². The van der Waals surface area contributed by atoms with Gasteiger partial charge in [0.1, 0.15) is 12.2 Å². The Morgan fingerprint density at radius 3 is 2.46 bits per heavy atom. The summed E-state index contributed by atoms with van der Waals surface area (Å²) >= 11 is 0. The third-order valence-electron chi connectivity index (χ3n) is 7.50. The van der Waals surface area contributed by atoms with Crippen molar-refractivity contribution < 1.29 is 38.4 Å². The average Bonchev–Trinajstić information content (AvgIpc) is 3.27. The first kappa shape index (κ1) is 18.1. The number of hydrogen-bond donors (Lipinski definition) is 1. The molecule has 8 nitrogen and oxygen atoms in total. The van der Waals surface area contributed by atoms with Gasteiger partial charge in [0.25, 0.3) is 0 Å². The molecule has 0 amide bonds. The van der Waals surface area contributed by atoms with E-state index in [-0.39, 0.29) is 17.8 Å². The highest BCUT2D eigenvalue weighted by atomic mass is 16.7. The minimum atomic E-state index is -1.44. The third kappa shape index (κ3) is 1.81. The molecule has 0 aromatic heterocycles. The fourth-order valence-electron chi connectivity index (χ4n) is 6.58. The Labute approximate surface area is 162 Å². The van der Waals surface area contributed by atoms with Crippen LogP contribution in [0.1, 0.15) is 40.5 Å². The smallest absolute Gasteiger partial charge is 0.338 e. The minimum Gasteiger partial charge on any atom is -0.460 e. The quantitative estimate of drug-likeness (QED) is 0.544. The normalized spacial score (nSPS) is 48.9. The molecule has 1 spiro atoms. The number of rotatable bonds is 2. The molecule has 4 aliphatic heterocycles. The second kappa shape index (κ2) is 5.16. The third-order valence-corrected chi connectivity index (χ3v) is 7.50. The first-order chi connectivity index (χ1) is 13.0. The molecule has 152 valence electrons. The van der Waals surface area contributed by atoms with Crippen molar-refractivity contribution in [1.29, 1.82) is 0 Å². The summed E-state index contributed by atoms with van der Waals surface area (Å²) in [6.45, 7) is 7.76. The molecule has 5 rings (SSSR count). The maximum Gasteiger partial charge on any atom is 0.338 e. The Kier molecular flexibility index (Phi) is 3.34.